The minimum absolute atomic E-state index is 0.0685. The summed E-state index contributed by atoms with van der Waals surface area (Å²) in [7, 11) is -0.368. The highest BCUT2D eigenvalue weighted by molar-refractivity contribution is 7.89. The van der Waals surface area contributed by atoms with Crippen LogP contribution in [0.1, 0.15) is 38.5 Å². The van der Waals surface area contributed by atoms with Crippen LogP contribution in [0.15, 0.2) is 23.1 Å². The number of sulfonamides is 1. The van der Waals surface area contributed by atoms with Crippen molar-refractivity contribution >= 4 is 15.7 Å². The Bertz CT molecular complexity index is 579. The third kappa shape index (κ3) is 3.49. The third-order valence-electron chi connectivity index (χ3n) is 4.21. The summed E-state index contributed by atoms with van der Waals surface area (Å²) in [6.45, 7) is 0. The monoisotopic (exact) mass is 312 g/mol. The molecule has 0 radical (unpaired) electrons. The molecular weight excluding hydrogens is 288 g/mol. The van der Waals surface area contributed by atoms with Crippen LogP contribution in [-0.4, -0.2) is 32.9 Å². The van der Waals surface area contributed by atoms with Crippen LogP contribution in [0, 0.1) is 0 Å². The summed E-state index contributed by atoms with van der Waals surface area (Å²) >= 11 is 0. The zero-order valence-electron chi connectivity index (χ0n) is 12.7. The first-order chi connectivity index (χ1) is 9.96. The molecule has 0 saturated heterocycles. The van der Waals surface area contributed by atoms with Gasteiger partial charge >= 0.3 is 0 Å². The first kappa shape index (κ1) is 16.1. The van der Waals surface area contributed by atoms with E-state index in [2.05, 4.69) is 0 Å². The summed E-state index contributed by atoms with van der Waals surface area (Å²) in [4.78, 5) is 0.162. The van der Waals surface area contributed by atoms with Gasteiger partial charge in [-0.05, 0) is 25.0 Å². The van der Waals surface area contributed by atoms with E-state index >= 15 is 0 Å². The molecule has 2 N–H and O–H groups in total. The molecule has 0 spiro atoms. The average molecular weight is 312 g/mol. The van der Waals surface area contributed by atoms with Crippen molar-refractivity contribution in [2.24, 2.45) is 0 Å². The first-order valence-electron chi connectivity index (χ1n) is 7.38. The number of rotatable bonds is 4. The van der Waals surface area contributed by atoms with Crippen LogP contribution < -0.4 is 10.5 Å². The Labute approximate surface area is 127 Å². The minimum atomic E-state index is -3.56. The van der Waals surface area contributed by atoms with Crippen molar-refractivity contribution < 1.29 is 13.2 Å². The second-order valence-corrected chi connectivity index (χ2v) is 7.54. The Morgan fingerprint density at radius 1 is 1.19 bits per heavy atom. The van der Waals surface area contributed by atoms with Crippen LogP contribution in [-0.2, 0) is 10.0 Å². The van der Waals surface area contributed by atoms with E-state index in [0.717, 1.165) is 25.7 Å². The molecular formula is C15H24N2O3S. The van der Waals surface area contributed by atoms with E-state index in [0.29, 0.717) is 5.75 Å². The second-order valence-electron chi connectivity index (χ2n) is 5.57. The van der Waals surface area contributed by atoms with Gasteiger partial charge in [0.2, 0.25) is 10.0 Å². The number of benzene rings is 1. The lowest BCUT2D eigenvalue weighted by Gasteiger charge is -2.27. The van der Waals surface area contributed by atoms with Gasteiger partial charge in [0.15, 0.2) is 0 Å². The largest absolute Gasteiger partial charge is 0.497 e. The molecule has 0 bridgehead atoms. The molecule has 0 atom stereocenters. The highest BCUT2D eigenvalue weighted by atomic mass is 32.2. The lowest BCUT2D eigenvalue weighted by atomic mass is 10.1. The molecule has 1 aromatic carbocycles. The maximum atomic E-state index is 12.8. The Balaban J connectivity index is 2.27. The SMILES string of the molecule is COc1ccc(S(=O)(=O)N(C)C2CCCCCC2)c(N)c1. The van der Waals surface area contributed by atoms with Crippen LogP contribution in [0.3, 0.4) is 0 Å². The maximum Gasteiger partial charge on any atom is 0.245 e. The number of hydrogen-bond donors (Lipinski definition) is 1. The molecule has 21 heavy (non-hydrogen) atoms. The molecule has 0 heterocycles. The summed E-state index contributed by atoms with van der Waals surface area (Å²) in [5.41, 5.74) is 6.13. The van der Waals surface area contributed by atoms with Gasteiger partial charge in [-0.25, -0.2) is 8.42 Å². The Kier molecular flexibility index (Phi) is 5.11. The standard InChI is InChI=1S/C15H24N2O3S/c1-17(12-7-5-3-4-6-8-12)21(18,19)15-10-9-13(20-2)11-14(15)16/h9-12H,3-8,16H2,1-2H3. The fraction of sp³-hybridized carbons (Fsp3) is 0.600. The lowest BCUT2D eigenvalue weighted by Crippen LogP contribution is -2.37. The Morgan fingerprint density at radius 2 is 1.81 bits per heavy atom. The van der Waals surface area contributed by atoms with Gasteiger partial charge in [0, 0.05) is 19.2 Å². The summed E-state index contributed by atoms with van der Waals surface area (Å²) in [5.74, 6) is 0.559. The molecule has 118 valence electrons. The molecule has 0 aliphatic heterocycles. The number of hydrogen-bond acceptors (Lipinski definition) is 4. The predicted octanol–water partition coefficient (Wildman–Crippen LogP) is 2.62. The van der Waals surface area contributed by atoms with Crippen molar-refractivity contribution in [1.82, 2.24) is 4.31 Å². The van der Waals surface area contributed by atoms with Gasteiger partial charge in [0.25, 0.3) is 0 Å². The number of nitrogens with two attached hydrogens (primary N) is 1. The van der Waals surface area contributed by atoms with E-state index in [4.69, 9.17) is 10.5 Å². The predicted molar refractivity (Wildman–Crippen MR) is 83.8 cm³/mol. The molecule has 2 rings (SSSR count). The number of nitrogen functional groups attached to an aromatic ring is 1. The van der Waals surface area contributed by atoms with Gasteiger partial charge in [-0.2, -0.15) is 4.31 Å². The zero-order chi connectivity index (χ0) is 15.5. The third-order valence-corrected chi connectivity index (χ3v) is 6.20. The van der Waals surface area contributed by atoms with Crippen LogP contribution in [0.4, 0.5) is 5.69 Å². The highest BCUT2D eigenvalue weighted by Crippen LogP contribution is 2.30. The van der Waals surface area contributed by atoms with Crippen LogP contribution >= 0.6 is 0 Å². The fourth-order valence-electron chi connectivity index (χ4n) is 2.86. The summed E-state index contributed by atoms with van der Waals surface area (Å²) in [5, 5.41) is 0. The van der Waals surface area contributed by atoms with Crippen molar-refractivity contribution in [2.75, 3.05) is 19.9 Å². The van der Waals surface area contributed by atoms with Crippen LogP contribution in [0.25, 0.3) is 0 Å². The van der Waals surface area contributed by atoms with Crippen LogP contribution in [0.5, 0.6) is 5.75 Å². The van der Waals surface area contributed by atoms with Gasteiger partial charge < -0.3 is 10.5 Å². The van der Waals surface area contributed by atoms with Crippen molar-refractivity contribution in [3.63, 3.8) is 0 Å². The smallest absolute Gasteiger partial charge is 0.245 e. The second kappa shape index (κ2) is 6.66. The molecule has 1 aromatic rings. The molecule has 5 nitrogen and oxygen atoms in total. The minimum Gasteiger partial charge on any atom is -0.497 e. The van der Waals surface area contributed by atoms with Gasteiger partial charge in [0.1, 0.15) is 10.6 Å². The van der Waals surface area contributed by atoms with Crippen molar-refractivity contribution in [3.05, 3.63) is 18.2 Å². The average Bonchev–Trinajstić information content (AvgIpc) is 2.74. The van der Waals surface area contributed by atoms with E-state index in [-0.39, 0.29) is 16.6 Å². The lowest BCUT2D eigenvalue weighted by molar-refractivity contribution is 0.336. The van der Waals surface area contributed by atoms with Crippen LogP contribution in [0.2, 0.25) is 0 Å². The van der Waals surface area contributed by atoms with Crippen molar-refractivity contribution in [1.29, 1.82) is 0 Å². The van der Waals surface area contributed by atoms with E-state index < -0.39 is 10.0 Å². The molecule has 0 unspecified atom stereocenters. The molecule has 1 aliphatic carbocycles. The fourth-order valence-corrected chi connectivity index (χ4v) is 4.37. The van der Waals surface area contributed by atoms with Crippen molar-refractivity contribution in [2.45, 2.75) is 49.5 Å². The number of anilines is 1. The quantitative estimate of drug-likeness (QED) is 0.685. The normalized spacial score (nSPS) is 17.7. The molecule has 6 heteroatoms. The highest BCUT2D eigenvalue weighted by Gasteiger charge is 2.29. The summed E-state index contributed by atoms with van der Waals surface area (Å²) in [6.07, 6.45) is 6.40. The van der Waals surface area contributed by atoms with Crippen molar-refractivity contribution in [3.8, 4) is 5.75 Å². The molecule has 1 saturated carbocycles. The maximum absolute atomic E-state index is 12.8. The molecule has 0 amide bonds. The van der Waals surface area contributed by atoms with E-state index in [1.807, 2.05) is 0 Å². The molecule has 0 aromatic heterocycles. The zero-order valence-corrected chi connectivity index (χ0v) is 13.5. The van der Waals surface area contributed by atoms with Gasteiger partial charge in [-0.1, -0.05) is 25.7 Å². The number of nitrogens with zero attached hydrogens (tertiary/aromatic N) is 1. The number of methoxy groups -OCH3 is 1. The summed E-state index contributed by atoms with van der Waals surface area (Å²) in [6, 6.07) is 4.77. The first-order valence-corrected chi connectivity index (χ1v) is 8.82. The van der Waals surface area contributed by atoms with E-state index in [1.54, 1.807) is 19.2 Å². The topological polar surface area (TPSA) is 72.6 Å². The van der Waals surface area contributed by atoms with Gasteiger partial charge in [0.05, 0.1) is 12.8 Å². The molecule has 1 aliphatic rings. The molecule has 1 fully saturated rings. The van der Waals surface area contributed by atoms with Gasteiger partial charge in [-0.3, -0.25) is 0 Å². The number of ether oxygens (including phenoxy) is 1. The Hall–Kier alpha value is -1.27. The summed E-state index contributed by atoms with van der Waals surface area (Å²) < 4.78 is 32.1. The van der Waals surface area contributed by atoms with E-state index in [9.17, 15) is 8.42 Å². The van der Waals surface area contributed by atoms with E-state index in [1.165, 1.54) is 30.3 Å². The Morgan fingerprint density at radius 3 is 2.33 bits per heavy atom. The van der Waals surface area contributed by atoms with Gasteiger partial charge in [-0.15, -0.1) is 0 Å².